The van der Waals surface area contributed by atoms with Crippen LogP contribution in [-0.4, -0.2) is 28.8 Å². The summed E-state index contributed by atoms with van der Waals surface area (Å²) in [6.07, 6.45) is 0.884. The fourth-order valence-corrected chi connectivity index (χ4v) is 3.16. The van der Waals surface area contributed by atoms with Gasteiger partial charge in [-0.1, -0.05) is 0 Å². The molecule has 3 nitrogen and oxygen atoms in total. The molecule has 90 valence electrons. The molecule has 0 radical (unpaired) electrons. The molecule has 4 heteroatoms. The van der Waals surface area contributed by atoms with Crippen LogP contribution in [0.3, 0.4) is 0 Å². The first-order valence-corrected chi connectivity index (χ1v) is 6.84. The van der Waals surface area contributed by atoms with E-state index in [9.17, 15) is 5.11 Å². The number of hydrogen-bond acceptors (Lipinski definition) is 4. The van der Waals surface area contributed by atoms with Crippen LogP contribution in [-0.2, 0) is 0 Å². The average molecular weight is 241 g/mol. The fraction of sp³-hybridized carbons (Fsp3) is 0.667. The molecule has 2 N–H and O–H groups in total. The molecule has 1 aromatic rings. The highest BCUT2D eigenvalue weighted by atomic mass is 32.2. The molecule has 0 bridgehead atoms. The summed E-state index contributed by atoms with van der Waals surface area (Å²) >= 11 is 1.82. The molecule has 16 heavy (non-hydrogen) atoms. The second-order valence-electron chi connectivity index (χ2n) is 4.58. The van der Waals surface area contributed by atoms with Gasteiger partial charge in [0.05, 0.1) is 11.6 Å². The molecule has 2 heterocycles. The Hall–Kier alpha value is -0.450. The number of thioether (sulfide) groups is 1. The Balaban J connectivity index is 1.86. The Bertz CT molecular complexity index is 345. The number of furan rings is 1. The van der Waals surface area contributed by atoms with E-state index in [0.717, 1.165) is 29.4 Å². The van der Waals surface area contributed by atoms with Gasteiger partial charge in [0.25, 0.3) is 0 Å². The van der Waals surface area contributed by atoms with Crippen molar-refractivity contribution < 1.29 is 9.52 Å². The van der Waals surface area contributed by atoms with Crippen LogP contribution in [0.1, 0.15) is 30.9 Å². The average Bonchev–Trinajstić information content (AvgIpc) is 2.85. The minimum absolute atomic E-state index is 0.156. The maximum absolute atomic E-state index is 10.2. The number of aliphatic hydroxyl groups is 1. The first kappa shape index (κ1) is 12.0. The van der Waals surface area contributed by atoms with Gasteiger partial charge in [0.15, 0.2) is 0 Å². The SMILES string of the molecule is Cc1ccc(C(C)NCC2(O)CCSC2)o1. The number of rotatable bonds is 4. The van der Waals surface area contributed by atoms with E-state index in [-0.39, 0.29) is 6.04 Å². The van der Waals surface area contributed by atoms with E-state index < -0.39 is 5.60 Å². The zero-order valence-corrected chi connectivity index (χ0v) is 10.6. The Morgan fingerprint density at radius 2 is 2.44 bits per heavy atom. The third kappa shape index (κ3) is 2.81. The lowest BCUT2D eigenvalue weighted by Crippen LogP contribution is -2.41. The molecule has 0 amide bonds. The standard InChI is InChI=1S/C12H19NO2S/c1-9-3-4-11(15-9)10(2)13-7-12(14)5-6-16-8-12/h3-4,10,13-14H,5-8H2,1-2H3. The Morgan fingerprint density at radius 3 is 3.00 bits per heavy atom. The molecule has 1 aliphatic rings. The van der Waals surface area contributed by atoms with Crippen molar-refractivity contribution in [3.63, 3.8) is 0 Å². The van der Waals surface area contributed by atoms with Crippen molar-refractivity contribution in [2.45, 2.75) is 31.9 Å². The molecule has 1 fully saturated rings. The maximum Gasteiger partial charge on any atom is 0.120 e. The molecule has 2 rings (SSSR count). The van der Waals surface area contributed by atoms with Crippen LogP contribution < -0.4 is 5.32 Å². The van der Waals surface area contributed by atoms with Crippen LogP contribution in [0.4, 0.5) is 0 Å². The minimum Gasteiger partial charge on any atom is -0.465 e. The highest BCUT2D eigenvalue weighted by Crippen LogP contribution is 2.27. The smallest absolute Gasteiger partial charge is 0.120 e. The minimum atomic E-state index is -0.527. The van der Waals surface area contributed by atoms with Crippen LogP contribution in [0, 0.1) is 6.92 Å². The van der Waals surface area contributed by atoms with Crippen molar-refractivity contribution >= 4 is 11.8 Å². The first-order valence-electron chi connectivity index (χ1n) is 5.69. The van der Waals surface area contributed by atoms with Crippen LogP contribution >= 0.6 is 11.8 Å². The second-order valence-corrected chi connectivity index (χ2v) is 5.68. The van der Waals surface area contributed by atoms with Crippen molar-refractivity contribution in [3.8, 4) is 0 Å². The molecule has 0 aromatic carbocycles. The van der Waals surface area contributed by atoms with Gasteiger partial charge in [-0.15, -0.1) is 0 Å². The van der Waals surface area contributed by atoms with E-state index in [4.69, 9.17) is 4.42 Å². The Kier molecular flexibility index (Phi) is 3.62. The monoisotopic (exact) mass is 241 g/mol. The van der Waals surface area contributed by atoms with Crippen molar-refractivity contribution in [1.82, 2.24) is 5.32 Å². The zero-order valence-electron chi connectivity index (χ0n) is 9.82. The van der Waals surface area contributed by atoms with Crippen molar-refractivity contribution in [3.05, 3.63) is 23.7 Å². The summed E-state index contributed by atoms with van der Waals surface area (Å²) in [6.45, 7) is 4.64. The lowest BCUT2D eigenvalue weighted by molar-refractivity contribution is 0.0644. The summed E-state index contributed by atoms with van der Waals surface area (Å²) in [7, 11) is 0. The molecule has 1 aliphatic heterocycles. The molecule has 2 unspecified atom stereocenters. The largest absolute Gasteiger partial charge is 0.465 e. The summed E-state index contributed by atoms with van der Waals surface area (Å²) in [5.41, 5.74) is -0.527. The van der Waals surface area contributed by atoms with Gasteiger partial charge in [-0.05, 0) is 38.2 Å². The predicted octanol–water partition coefficient (Wildman–Crippen LogP) is 2.11. The molecular formula is C12H19NO2S. The van der Waals surface area contributed by atoms with Gasteiger partial charge >= 0.3 is 0 Å². The molecule has 1 saturated heterocycles. The molecule has 2 atom stereocenters. The summed E-state index contributed by atoms with van der Waals surface area (Å²) in [5, 5.41) is 13.5. The van der Waals surface area contributed by atoms with Gasteiger partial charge in [0.1, 0.15) is 11.5 Å². The summed E-state index contributed by atoms with van der Waals surface area (Å²) in [6, 6.07) is 4.11. The van der Waals surface area contributed by atoms with Gasteiger partial charge in [-0.3, -0.25) is 0 Å². The van der Waals surface area contributed by atoms with E-state index >= 15 is 0 Å². The summed E-state index contributed by atoms with van der Waals surface area (Å²) in [5.74, 6) is 3.77. The van der Waals surface area contributed by atoms with Gasteiger partial charge in [-0.25, -0.2) is 0 Å². The van der Waals surface area contributed by atoms with Crippen molar-refractivity contribution in [1.29, 1.82) is 0 Å². The fourth-order valence-electron chi connectivity index (χ4n) is 1.87. The van der Waals surface area contributed by atoms with Crippen LogP contribution in [0.25, 0.3) is 0 Å². The highest BCUT2D eigenvalue weighted by molar-refractivity contribution is 7.99. The highest BCUT2D eigenvalue weighted by Gasteiger charge is 2.31. The second kappa shape index (κ2) is 4.82. The topological polar surface area (TPSA) is 45.4 Å². The lowest BCUT2D eigenvalue weighted by atomic mass is 10.0. The van der Waals surface area contributed by atoms with E-state index in [0.29, 0.717) is 6.54 Å². The van der Waals surface area contributed by atoms with Gasteiger partial charge in [0.2, 0.25) is 0 Å². The number of nitrogens with one attached hydrogen (secondary N) is 1. The van der Waals surface area contributed by atoms with E-state index in [1.54, 1.807) is 0 Å². The first-order chi connectivity index (χ1) is 7.59. The van der Waals surface area contributed by atoms with Gasteiger partial charge in [0, 0.05) is 12.3 Å². The van der Waals surface area contributed by atoms with E-state index in [2.05, 4.69) is 12.2 Å². The normalized spacial score (nSPS) is 27.2. The lowest BCUT2D eigenvalue weighted by Gasteiger charge is -2.23. The number of hydrogen-bond donors (Lipinski definition) is 2. The van der Waals surface area contributed by atoms with Crippen LogP contribution in [0.2, 0.25) is 0 Å². The van der Waals surface area contributed by atoms with Crippen LogP contribution in [0.15, 0.2) is 16.5 Å². The molecule has 0 spiro atoms. The zero-order chi connectivity index (χ0) is 11.6. The molecule has 0 saturated carbocycles. The molecular weight excluding hydrogens is 222 g/mol. The quantitative estimate of drug-likeness (QED) is 0.847. The third-order valence-corrected chi connectivity index (χ3v) is 4.24. The van der Waals surface area contributed by atoms with Gasteiger partial charge < -0.3 is 14.8 Å². The Labute approximate surface area is 101 Å². The van der Waals surface area contributed by atoms with Crippen molar-refractivity contribution in [2.24, 2.45) is 0 Å². The van der Waals surface area contributed by atoms with Gasteiger partial charge in [-0.2, -0.15) is 11.8 Å². The molecule has 0 aliphatic carbocycles. The summed E-state index contributed by atoms with van der Waals surface area (Å²) < 4.78 is 5.54. The van der Waals surface area contributed by atoms with E-state index in [1.165, 1.54) is 0 Å². The Morgan fingerprint density at radius 1 is 1.62 bits per heavy atom. The van der Waals surface area contributed by atoms with Crippen molar-refractivity contribution in [2.75, 3.05) is 18.1 Å². The third-order valence-electron chi connectivity index (χ3n) is 3.01. The summed E-state index contributed by atoms with van der Waals surface area (Å²) in [4.78, 5) is 0. The maximum atomic E-state index is 10.2. The predicted molar refractivity (Wildman–Crippen MR) is 66.8 cm³/mol. The van der Waals surface area contributed by atoms with Crippen LogP contribution in [0.5, 0.6) is 0 Å². The number of aryl methyl sites for hydroxylation is 1. The van der Waals surface area contributed by atoms with E-state index in [1.807, 2.05) is 30.8 Å². The molecule has 1 aromatic heterocycles.